The van der Waals surface area contributed by atoms with Gasteiger partial charge >= 0.3 is 12.0 Å². The molecule has 1 atom stereocenters. The summed E-state index contributed by atoms with van der Waals surface area (Å²) in [5, 5.41) is 11.3. The number of carbonyl (C=O) groups excluding carboxylic acids is 1. The van der Waals surface area contributed by atoms with Crippen LogP contribution in [-0.4, -0.2) is 22.1 Å². The average molecular weight is 227 g/mol. The Balaban J connectivity index is 2.95. The van der Waals surface area contributed by atoms with E-state index in [2.05, 4.69) is 10.3 Å². The summed E-state index contributed by atoms with van der Waals surface area (Å²) < 4.78 is 4.98. The Bertz CT molecular complexity index is 388. The molecule has 0 fully saturated rings. The summed E-state index contributed by atoms with van der Waals surface area (Å²) >= 11 is 0. The van der Waals surface area contributed by atoms with Gasteiger partial charge in [0.15, 0.2) is 17.8 Å². The maximum Gasteiger partial charge on any atom is 0.358 e. The predicted octanol–water partition coefficient (Wildman–Crippen LogP) is 0.882. The van der Waals surface area contributed by atoms with Crippen molar-refractivity contribution in [2.75, 3.05) is 0 Å². The number of aromatic carboxylic acids is 1. The molecule has 7 nitrogen and oxygen atoms in total. The largest absolute Gasteiger partial charge is 0.476 e. The first-order chi connectivity index (χ1) is 7.56. The SMILES string of the molecule is CCCC(NC(N)=O)c1ocnc1C(=O)O. The molecule has 0 aliphatic carbocycles. The second-order valence-electron chi connectivity index (χ2n) is 3.22. The van der Waals surface area contributed by atoms with Crippen LogP contribution in [0.15, 0.2) is 10.8 Å². The van der Waals surface area contributed by atoms with Gasteiger partial charge in [-0.3, -0.25) is 0 Å². The van der Waals surface area contributed by atoms with E-state index in [1.54, 1.807) is 0 Å². The highest BCUT2D eigenvalue weighted by molar-refractivity contribution is 5.86. The third-order valence-electron chi connectivity index (χ3n) is 2.01. The number of amides is 2. The molecule has 2 amide bonds. The molecule has 0 saturated heterocycles. The molecule has 0 aliphatic rings. The predicted molar refractivity (Wildman–Crippen MR) is 53.8 cm³/mol. The van der Waals surface area contributed by atoms with E-state index in [-0.39, 0.29) is 11.5 Å². The fourth-order valence-corrected chi connectivity index (χ4v) is 1.39. The number of carbonyl (C=O) groups is 2. The third kappa shape index (κ3) is 2.72. The quantitative estimate of drug-likeness (QED) is 0.689. The van der Waals surface area contributed by atoms with E-state index in [0.29, 0.717) is 6.42 Å². The average Bonchev–Trinajstić information content (AvgIpc) is 2.64. The van der Waals surface area contributed by atoms with Gasteiger partial charge in [0, 0.05) is 0 Å². The van der Waals surface area contributed by atoms with E-state index in [0.717, 1.165) is 12.8 Å². The van der Waals surface area contributed by atoms with Gasteiger partial charge in [0.2, 0.25) is 0 Å². The van der Waals surface area contributed by atoms with Gasteiger partial charge in [0.05, 0.1) is 6.04 Å². The monoisotopic (exact) mass is 227 g/mol. The van der Waals surface area contributed by atoms with Crippen LogP contribution in [0, 0.1) is 0 Å². The number of hydrogen-bond acceptors (Lipinski definition) is 4. The minimum absolute atomic E-state index is 0.119. The smallest absolute Gasteiger partial charge is 0.358 e. The fourth-order valence-electron chi connectivity index (χ4n) is 1.39. The molecule has 7 heteroatoms. The Morgan fingerprint density at radius 2 is 2.38 bits per heavy atom. The number of nitrogens with two attached hydrogens (primary N) is 1. The number of nitrogens with one attached hydrogen (secondary N) is 1. The molecule has 0 aliphatic heterocycles. The molecule has 16 heavy (non-hydrogen) atoms. The molecule has 88 valence electrons. The first-order valence-electron chi connectivity index (χ1n) is 4.78. The summed E-state index contributed by atoms with van der Waals surface area (Å²) in [6.45, 7) is 1.90. The molecular formula is C9H13N3O4. The minimum atomic E-state index is -1.20. The topological polar surface area (TPSA) is 118 Å². The van der Waals surface area contributed by atoms with Crippen molar-refractivity contribution in [3.8, 4) is 0 Å². The van der Waals surface area contributed by atoms with E-state index in [1.807, 2.05) is 6.92 Å². The minimum Gasteiger partial charge on any atom is -0.476 e. The van der Waals surface area contributed by atoms with Crippen molar-refractivity contribution in [1.82, 2.24) is 10.3 Å². The van der Waals surface area contributed by atoms with E-state index >= 15 is 0 Å². The Kier molecular flexibility index (Phi) is 3.87. The fraction of sp³-hybridized carbons (Fsp3) is 0.444. The van der Waals surface area contributed by atoms with Gasteiger partial charge in [-0.05, 0) is 6.42 Å². The van der Waals surface area contributed by atoms with Crippen LogP contribution < -0.4 is 11.1 Å². The molecule has 1 aromatic heterocycles. The van der Waals surface area contributed by atoms with Gasteiger partial charge in [-0.15, -0.1) is 0 Å². The van der Waals surface area contributed by atoms with Crippen molar-refractivity contribution in [3.63, 3.8) is 0 Å². The number of nitrogens with zero attached hydrogens (tertiary/aromatic N) is 1. The molecule has 1 aromatic rings. The van der Waals surface area contributed by atoms with Crippen LogP contribution in [0.5, 0.6) is 0 Å². The van der Waals surface area contributed by atoms with Crippen molar-refractivity contribution in [2.45, 2.75) is 25.8 Å². The highest BCUT2D eigenvalue weighted by atomic mass is 16.4. The molecule has 0 bridgehead atoms. The lowest BCUT2D eigenvalue weighted by Gasteiger charge is -2.14. The number of hydrogen-bond donors (Lipinski definition) is 3. The van der Waals surface area contributed by atoms with Gasteiger partial charge in [-0.2, -0.15) is 0 Å². The zero-order valence-electron chi connectivity index (χ0n) is 8.77. The zero-order chi connectivity index (χ0) is 12.1. The van der Waals surface area contributed by atoms with Crippen LogP contribution in [0.25, 0.3) is 0 Å². The number of urea groups is 1. The highest BCUT2D eigenvalue weighted by Crippen LogP contribution is 2.21. The van der Waals surface area contributed by atoms with Crippen LogP contribution in [-0.2, 0) is 0 Å². The third-order valence-corrected chi connectivity index (χ3v) is 2.01. The van der Waals surface area contributed by atoms with Gasteiger partial charge < -0.3 is 20.6 Å². The summed E-state index contributed by atoms with van der Waals surface area (Å²) in [5.41, 5.74) is 4.79. The summed E-state index contributed by atoms with van der Waals surface area (Å²) in [7, 11) is 0. The lowest BCUT2D eigenvalue weighted by molar-refractivity contribution is 0.0687. The summed E-state index contributed by atoms with van der Waals surface area (Å²) in [4.78, 5) is 25.1. The number of aromatic nitrogens is 1. The maximum atomic E-state index is 10.8. The first-order valence-corrected chi connectivity index (χ1v) is 4.78. The summed E-state index contributed by atoms with van der Waals surface area (Å²) in [6.07, 6.45) is 2.30. The van der Waals surface area contributed by atoms with Crippen LogP contribution in [0.4, 0.5) is 4.79 Å². The number of carboxylic acids is 1. The van der Waals surface area contributed by atoms with E-state index < -0.39 is 18.0 Å². The Labute approximate surface area is 91.6 Å². The lowest BCUT2D eigenvalue weighted by Crippen LogP contribution is -2.33. The molecule has 0 saturated carbocycles. The normalized spacial score (nSPS) is 12.1. The van der Waals surface area contributed by atoms with Crippen molar-refractivity contribution in [1.29, 1.82) is 0 Å². The number of oxazole rings is 1. The summed E-state index contributed by atoms with van der Waals surface area (Å²) in [5.74, 6) is -1.08. The Hall–Kier alpha value is -2.05. The van der Waals surface area contributed by atoms with E-state index in [4.69, 9.17) is 15.3 Å². The Morgan fingerprint density at radius 1 is 1.69 bits per heavy atom. The highest BCUT2D eigenvalue weighted by Gasteiger charge is 2.24. The standard InChI is InChI=1S/C9H13N3O4/c1-2-3-5(12-9(10)15)7-6(8(13)14)11-4-16-7/h4-5H,2-3H2,1H3,(H,13,14)(H3,10,12,15). The van der Waals surface area contributed by atoms with Gasteiger partial charge in [0.25, 0.3) is 0 Å². The van der Waals surface area contributed by atoms with Crippen molar-refractivity contribution >= 4 is 12.0 Å². The molecule has 0 aromatic carbocycles. The second-order valence-corrected chi connectivity index (χ2v) is 3.22. The van der Waals surface area contributed by atoms with Crippen LogP contribution in [0.3, 0.4) is 0 Å². The molecule has 1 heterocycles. The van der Waals surface area contributed by atoms with Gasteiger partial charge in [0.1, 0.15) is 0 Å². The Morgan fingerprint density at radius 3 is 2.88 bits per heavy atom. The molecule has 0 radical (unpaired) electrons. The second kappa shape index (κ2) is 5.15. The zero-order valence-corrected chi connectivity index (χ0v) is 8.77. The first kappa shape index (κ1) is 12.0. The van der Waals surface area contributed by atoms with E-state index in [1.165, 1.54) is 0 Å². The van der Waals surface area contributed by atoms with Crippen molar-refractivity contribution in [2.24, 2.45) is 5.73 Å². The number of rotatable bonds is 5. The van der Waals surface area contributed by atoms with Crippen LogP contribution >= 0.6 is 0 Å². The lowest BCUT2D eigenvalue weighted by atomic mass is 10.1. The maximum absolute atomic E-state index is 10.8. The van der Waals surface area contributed by atoms with Crippen LogP contribution in [0.2, 0.25) is 0 Å². The van der Waals surface area contributed by atoms with Gasteiger partial charge in [-0.1, -0.05) is 13.3 Å². The molecule has 1 unspecified atom stereocenters. The number of carboxylic acid groups (broad SMARTS) is 1. The molecule has 0 spiro atoms. The molecule has 1 rings (SSSR count). The van der Waals surface area contributed by atoms with Crippen molar-refractivity contribution < 1.29 is 19.1 Å². The van der Waals surface area contributed by atoms with Crippen molar-refractivity contribution in [3.05, 3.63) is 17.8 Å². The van der Waals surface area contributed by atoms with Gasteiger partial charge in [-0.25, -0.2) is 14.6 Å². The number of primary amides is 1. The summed E-state index contributed by atoms with van der Waals surface area (Å²) in [6, 6.07) is -1.29. The van der Waals surface area contributed by atoms with Crippen LogP contribution in [0.1, 0.15) is 42.1 Å². The van der Waals surface area contributed by atoms with E-state index in [9.17, 15) is 9.59 Å². The molecular weight excluding hydrogens is 214 g/mol. The molecule has 4 N–H and O–H groups in total.